The van der Waals surface area contributed by atoms with Gasteiger partial charge in [0.1, 0.15) is 11.9 Å². The minimum absolute atomic E-state index is 0.335. The number of benzene rings is 1. The van der Waals surface area contributed by atoms with E-state index in [1.807, 2.05) is 28.7 Å². The lowest BCUT2D eigenvalue weighted by molar-refractivity contribution is 0.623. The predicted octanol–water partition coefficient (Wildman–Crippen LogP) is 3.36. The van der Waals surface area contributed by atoms with Crippen molar-refractivity contribution in [2.24, 2.45) is 0 Å². The second-order valence-electron chi connectivity index (χ2n) is 3.11. The Hall–Kier alpha value is -1.48. The minimum Gasteiger partial charge on any atom is -0.255 e. The molecule has 1 aromatic heterocycles. The van der Waals surface area contributed by atoms with Crippen LogP contribution in [-0.4, -0.2) is 4.98 Å². The highest BCUT2D eigenvalue weighted by atomic mass is 127. The molecule has 0 fully saturated rings. The van der Waals surface area contributed by atoms with Crippen LogP contribution in [-0.2, 0) is 0 Å². The maximum atomic E-state index is 13.8. The molecule has 0 N–H and O–H groups in total. The van der Waals surface area contributed by atoms with Gasteiger partial charge in [-0.1, -0.05) is 6.07 Å². The Labute approximate surface area is 106 Å². The van der Waals surface area contributed by atoms with Crippen LogP contribution in [0.25, 0.3) is 11.3 Å². The molecule has 0 aliphatic heterocycles. The Bertz CT molecular complexity index is 575. The van der Waals surface area contributed by atoms with E-state index >= 15 is 0 Å². The topological polar surface area (TPSA) is 36.7 Å². The standard InChI is InChI=1S/C12H6FIN2/c13-11-9(4-1-5-10(11)14)12-8(7-15)3-2-6-16-12/h1-6H. The second-order valence-corrected chi connectivity index (χ2v) is 4.27. The molecule has 1 aromatic carbocycles. The van der Waals surface area contributed by atoms with E-state index in [1.165, 1.54) is 0 Å². The van der Waals surface area contributed by atoms with E-state index in [2.05, 4.69) is 4.98 Å². The largest absolute Gasteiger partial charge is 0.255 e. The summed E-state index contributed by atoms with van der Waals surface area (Å²) in [5.41, 5.74) is 1.13. The summed E-state index contributed by atoms with van der Waals surface area (Å²) in [6.45, 7) is 0. The van der Waals surface area contributed by atoms with E-state index in [1.54, 1.807) is 36.5 Å². The molecule has 0 radical (unpaired) electrons. The van der Waals surface area contributed by atoms with Crippen LogP contribution in [0.4, 0.5) is 4.39 Å². The summed E-state index contributed by atoms with van der Waals surface area (Å²) in [6.07, 6.45) is 1.55. The van der Waals surface area contributed by atoms with Crippen molar-refractivity contribution in [1.29, 1.82) is 5.26 Å². The molecule has 1 heterocycles. The van der Waals surface area contributed by atoms with Gasteiger partial charge in [0.2, 0.25) is 0 Å². The molecule has 2 nitrogen and oxygen atoms in total. The summed E-state index contributed by atoms with van der Waals surface area (Å²) in [5, 5.41) is 8.93. The second kappa shape index (κ2) is 4.58. The normalized spacial score (nSPS) is 9.81. The van der Waals surface area contributed by atoms with Gasteiger partial charge in [-0.25, -0.2) is 4.39 Å². The quantitative estimate of drug-likeness (QED) is 0.754. The zero-order chi connectivity index (χ0) is 11.5. The highest BCUT2D eigenvalue weighted by molar-refractivity contribution is 14.1. The fourth-order valence-corrected chi connectivity index (χ4v) is 1.89. The Balaban J connectivity index is 2.69. The number of hydrogen-bond donors (Lipinski definition) is 0. The van der Waals surface area contributed by atoms with E-state index in [9.17, 15) is 4.39 Å². The summed E-state index contributed by atoms with van der Waals surface area (Å²) in [4.78, 5) is 4.06. The van der Waals surface area contributed by atoms with Gasteiger partial charge in [-0.15, -0.1) is 0 Å². The smallest absolute Gasteiger partial charge is 0.145 e. The number of rotatable bonds is 1. The molecule has 0 bridgehead atoms. The number of nitrogens with zero attached hydrogens (tertiary/aromatic N) is 2. The van der Waals surface area contributed by atoms with E-state index in [0.29, 0.717) is 20.4 Å². The summed E-state index contributed by atoms with van der Waals surface area (Å²) in [5.74, 6) is -0.335. The molecule has 0 aliphatic rings. The number of nitriles is 1. The van der Waals surface area contributed by atoms with Crippen molar-refractivity contribution in [2.75, 3.05) is 0 Å². The number of aromatic nitrogens is 1. The summed E-state index contributed by atoms with van der Waals surface area (Å²) >= 11 is 1.91. The highest BCUT2D eigenvalue weighted by Gasteiger charge is 2.12. The molecule has 78 valence electrons. The lowest BCUT2D eigenvalue weighted by atomic mass is 10.1. The average molecular weight is 324 g/mol. The Morgan fingerprint density at radius 3 is 2.81 bits per heavy atom. The first-order valence-corrected chi connectivity index (χ1v) is 5.61. The first-order valence-electron chi connectivity index (χ1n) is 4.53. The van der Waals surface area contributed by atoms with Gasteiger partial charge in [-0.05, 0) is 46.9 Å². The third-order valence-electron chi connectivity index (χ3n) is 2.13. The van der Waals surface area contributed by atoms with Gasteiger partial charge in [-0.2, -0.15) is 5.26 Å². The molecule has 0 aliphatic carbocycles. The monoisotopic (exact) mass is 324 g/mol. The van der Waals surface area contributed by atoms with Crippen LogP contribution in [0.2, 0.25) is 0 Å². The maximum Gasteiger partial charge on any atom is 0.145 e. The predicted molar refractivity (Wildman–Crippen MR) is 67.1 cm³/mol. The summed E-state index contributed by atoms with van der Waals surface area (Å²) in [7, 11) is 0. The molecule has 0 spiro atoms. The molecule has 0 unspecified atom stereocenters. The molecular weight excluding hydrogens is 318 g/mol. The lowest BCUT2D eigenvalue weighted by Gasteiger charge is -2.05. The van der Waals surface area contributed by atoms with Gasteiger partial charge >= 0.3 is 0 Å². The van der Waals surface area contributed by atoms with Crippen molar-refractivity contribution in [1.82, 2.24) is 4.98 Å². The first kappa shape index (κ1) is 11.0. The van der Waals surface area contributed by atoms with E-state index in [4.69, 9.17) is 5.26 Å². The van der Waals surface area contributed by atoms with Crippen LogP contribution >= 0.6 is 22.6 Å². The fourth-order valence-electron chi connectivity index (χ4n) is 1.40. The average Bonchev–Trinajstić information content (AvgIpc) is 2.33. The van der Waals surface area contributed by atoms with E-state index < -0.39 is 0 Å². The van der Waals surface area contributed by atoms with E-state index in [0.717, 1.165) is 0 Å². The Morgan fingerprint density at radius 1 is 1.25 bits per heavy atom. The molecule has 2 aromatic rings. The van der Waals surface area contributed by atoms with Gasteiger partial charge in [0.25, 0.3) is 0 Å². The Kier molecular flexibility index (Phi) is 3.15. The van der Waals surface area contributed by atoms with Crippen LogP contribution in [0.3, 0.4) is 0 Å². The van der Waals surface area contributed by atoms with E-state index in [-0.39, 0.29) is 5.82 Å². The van der Waals surface area contributed by atoms with Crippen molar-refractivity contribution in [3.05, 3.63) is 51.5 Å². The third-order valence-corrected chi connectivity index (χ3v) is 2.97. The van der Waals surface area contributed by atoms with Crippen molar-refractivity contribution in [3.63, 3.8) is 0 Å². The van der Waals surface area contributed by atoms with Crippen LogP contribution in [0.5, 0.6) is 0 Å². The molecule has 0 amide bonds. The van der Waals surface area contributed by atoms with Gasteiger partial charge in [0.15, 0.2) is 0 Å². The van der Waals surface area contributed by atoms with Crippen LogP contribution in [0.1, 0.15) is 5.56 Å². The third kappa shape index (κ3) is 1.91. The number of hydrogen-bond acceptors (Lipinski definition) is 2. The highest BCUT2D eigenvalue weighted by Crippen LogP contribution is 2.26. The van der Waals surface area contributed by atoms with Crippen molar-refractivity contribution in [2.45, 2.75) is 0 Å². The number of pyridine rings is 1. The summed E-state index contributed by atoms with van der Waals surface area (Å²) in [6, 6.07) is 10.3. The minimum atomic E-state index is -0.335. The van der Waals surface area contributed by atoms with Crippen LogP contribution in [0.15, 0.2) is 36.5 Å². The van der Waals surface area contributed by atoms with Crippen molar-refractivity contribution in [3.8, 4) is 17.3 Å². The van der Waals surface area contributed by atoms with Gasteiger partial charge in [-0.3, -0.25) is 4.98 Å². The molecule has 0 atom stereocenters. The molecular formula is C12H6FIN2. The van der Waals surface area contributed by atoms with Crippen molar-refractivity contribution >= 4 is 22.6 Å². The molecule has 0 saturated carbocycles. The van der Waals surface area contributed by atoms with Crippen LogP contribution < -0.4 is 0 Å². The first-order chi connectivity index (χ1) is 7.74. The SMILES string of the molecule is N#Cc1cccnc1-c1cccc(I)c1F. The zero-order valence-corrected chi connectivity index (χ0v) is 10.3. The van der Waals surface area contributed by atoms with Crippen molar-refractivity contribution < 1.29 is 4.39 Å². The molecule has 16 heavy (non-hydrogen) atoms. The fraction of sp³-hybridized carbons (Fsp3) is 0. The summed E-state index contributed by atoms with van der Waals surface area (Å²) < 4.78 is 14.4. The van der Waals surface area contributed by atoms with Crippen LogP contribution in [0, 0.1) is 20.7 Å². The van der Waals surface area contributed by atoms with Gasteiger partial charge < -0.3 is 0 Å². The Morgan fingerprint density at radius 2 is 2.06 bits per heavy atom. The number of halogens is 2. The zero-order valence-electron chi connectivity index (χ0n) is 8.11. The molecule has 4 heteroatoms. The molecule has 0 saturated heterocycles. The lowest BCUT2D eigenvalue weighted by Crippen LogP contribution is -1.93. The maximum absolute atomic E-state index is 13.8. The van der Waals surface area contributed by atoms with Gasteiger partial charge in [0, 0.05) is 15.3 Å². The van der Waals surface area contributed by atoms with Gasteiger partial charge in [0.05, 0.1) is 11.3 Å². The molecule has 2 rings (SSSR count).